The molecule has 0 saturated heterocycles. The smallest absolute Gasteiger partial charge is 0.345 e. The fourth-order valence-electron chi connectivity index (χ4n) is 2.87. The van der Waals surface area contributed by atoms with Crippen molar-refractivity contribution in [1.29, 1.82) is 0 Å². The largest absolute Gasteiger partial charge is 0.416 e. The molecule has 0 bridgehead atoms. The Morgan fingerprint density at radius 1 is 1.15 bits per heavy atom. The maximum atomic E-state index is 12.9. The molecule has 0 aliphatic rings. The van der Waals surface area contributed by atoms with Crippen molar-refractivity contribution in [2.45, 2.75) is 24.4 Å². The number of carbonyl (C=O) groups is 2. The molecular weight excluding hydrogens is 535 g/mol. The highest BCUT2D eigenvalue weighted by molar-refractivity contribution is 9.10. The van der Waals surface area contributed by atoms with Gasteiger partial charge >= 0.3 is 6.18 Å². The van der Waals surface area contributed by atoms with Gasteiger partial charge in [0.05, 0.1) is 23.4 Å². The van der Waals surface area contributed by atoms with Crippen LogP contribution in [0, 0.1) is 0 Å². The van der Waals surface area contributed by atoms with E-state index in [9.17, 15) is 22.8 Å². The van der Waals surface area contributed by atoms with Gasteiger partial charge in [-0.05, 0) is 46.3 Å². The first kappa shape index (κ1) is 25.5. The van der Waals surface area contributed by atoms with Crippen molar-refractivity contribution in [2.24, 2.45) is 0 Å². The molecule has 2 aromatic carbocycles. The molecule has 0 radical (unpaired) electrons. The molecule has 0 aliphatic heterocycles. The number of thioether (sulfide) groups is 1. The van der Waals surface area contributed by atoms with Gasteiger partial charge in [0, 0.05) is 16.7 Å². The molecule has 2 N–H and O–H groups in total. The number of alkyl halides is 3. The van der Waals surface area contributed by atoms with Crippen LogP contribution in [0.25, 0.3) is 0 Å². The third-order valence-corrected chi connectivity index (χ3v) is 6.09. The van der Waals surface area contributed by atoms with Crippen LogP contribution < -0.4 is 10.6 Å². The molecule has 2 amide bonds. The number of amides is 2. The fourth-order valence-corrected chi connectivity index (χ4v) is 4.10. The van der Waals surface area contributed by atoms with Gasteiger partial charge in [-0.15, -0.1) is 16.8 Å². The Labute approximate surface area is 206 Å². The summed E-state index contributed by atoms with van der Waals surface area (Å²) in [5, 5.41) is 13.8. The zero-order valence-corrected chi connectivity index (χ0v) is 20.0. The molecule has 0 unspecified atom stereocenters. The van der Waals surface area contributed by atoms with Gasteiger partial charge in [0.15, 0.2) is 11.0 Å². The van der Waals surface area contributed by atoms with Gasteiger partial charge in [0.25, 0.3) is 5.91 Å². The van der Waals surface area contributed by atoms with E-state index in [0.29, 0.717) is 27.6 Å². The van der Waals surface area contributed by atoms with Crippen molar-refractivity contribution in [1.82, 2.24) is 20.1 Å². The summed E-state index contributed by atoms with van der Waals surface area (Å²) in [6, 6.07) is 11.4. The third kappa shape index (κ3) is 6.70. The quantitative estimate of drug-likeness (QED) is 0.290. The Balaban J connectivity index is 1.62. The molecule has 1 aromatic heterocycles. The van der Waals surface area contributed by atoms with Crippen LogP contribution in [-0.4, -0.2) is 32.3 Å². The lowest BCUT2D eigenvalue weighted by Crippen LogP contribution is -2.25. The van der Waals surface area contributed by atoms with Gasteiger partial charge in [-0.3, -0.25) is 9.59 Å². The maximum Gasteiger partial charge on any atom is 0.416 e. The van der Waals surface area contributed by atoms with Crippen molar-refractivity contribution in [3.63, 3.8) is 0 Å². The van der Waals surface area contributed by atoms with Crippen molar-refractivity contribution in [2.75, 3.05) is 11.1 Å². The predicted octanol–water partition coefficient (Wildman–Crippen LogP) is 4.91. The third-order valence-electron chi connectivity index (χ3n) is 4.44. The fraction of sp³-hybridized carbons (Fsp3) is 0.182. The molecule has 0 spiro atoms. The maximum absolute atomic E-state index is 12.9. The molecule has 0 fully saturated rings. The second-order valence-electron chi connectivity index (χ2n) is 6.88. The summed E-state index contributed by atoms with van der Waals surface area (Å²) in [5.41, 5.74) is -0.334. The van der Waals surface area contributed by atoms with E-state index >= 15 is 0 Å². The molecule has 0 aliphatic carbocycles. The zero-order chi connectivity index (χ0) is 24.7. The lowest BCUT2D eigenvalue weighted by atomic mass is 10.2. The monoisotopic (exact) mass is 553 g/mol. The molecule has 1 heterocycles. The van der Waals surface area contributed by atoms with Gasteiger partial charge in [-0.2, -0.15) is 13.2 Å². The predicted molar refractivity (Wildman–Crippen MR) is 126 cm³/mol. The summed E-state index contributed by atoms with van der Waals surface area (Å²) < 4.78 is 40.9. The topological polar surface area (TPSA) is 88.9 Å². The average molecular weight is 554 g/mol. The first-order chi connectivity index (χ1) is 16.2. The minimum Gasteiger partial charge on any atom is -0.345 e. The van der Waals surface area contributed by atoms with Gasteiger partial charge in [-0.25, -0.2) is 0 Å². The minimum atomic E-state index is -4.50. The zero-order valence-electron chi connectivity index (χ0n) is 17.6. The van der Waals surface area contributed by atoms with Crippen LogP contribution in [0.2, 0.25) is 0 Å². The van der Waals surface area contributed by atoms with E-state index in [1.54, 1.807) is 34.9 Å². The Hall–Kier alpha value is -3.12. The molecule has 3 rings (SSSR count). The average Bonchev–Trinajstić information content (AvgIpc) is 3.18. The molecule has 7 nitrogen and oxygen atoms in total. The van der Waals surface area contributed by atoms with Crippen LogP contribution in [0.5, 0.6) is 0 Å². The van der Waals surface area contributed by atoms with E-state index in [-0.39, 0.29) is 23.9 Å². The van der Waals surface area contributed by atoms with Gasteiger partial charge < -0.3 is 15.2 Å². The second-order valence-corrected chi connectivity index (χ2v) is 8.67. The number of rotatable bonds is 9. The summed E-state index contributed by atoms with van der Waals surface area (Å²) in [6.07, 6.45) is -2.88. The minimum absolute atomic E-state index is 0.0449. The van der Waals surface area contributed by atoms with Crippen LogP contribution in [0.15, 0.2) is 70.8 Å². The Morgan fingerprint density at radius 3 is 2.62 bits per heavy atom. The number of hydrogen-bond acceptors (Lipinski definition) is 5. The highest BCUT2D eigenvalue weighted by atomic mass is 79.9. The molecule has 12 heteroatoms. The Morgan fingerprint density at radius 2 is 1.91 bits per heavy atom. The molecule has 178 valence electrons. The number of aromatic nitrogens is 3. The normalized spacial score (nSPS) is 11.2. The first-order valence-electron chi connectivity index (χ1n) is 9.84. The number of nitrogens with one attached hydrogen (secondary N) is 2. The number of hydrogen-bond donors (Lipinski definition) is 2. The molecule has 0 atom stereocenters. The lowest BCUT2D eigenvalue weighted by molar-refractivity contribution is -0.137. The molecular formula is C22H19BrF3N5O2S. The van der Waals surface area contributed by atoms with E-state index in [2.05, 4.69) is 43.3 Å². The van der Waals surface area contributed by atoms with Gasteiger partial charge in [0.2, 0.25) is 5.91 Å². The van der Waals surface area contributed by atoms with Crippen LogP contribution in [0.1, 0.15) is 21.7 Å². The standard InChI is InChI=1S/C22H19BrF3N5O2S/c1-2-10-31-18(12-27-20(33)16-8-3-4-9-17(16)23)29-30-21(31)34-13-19(32)28-15-7-5-6-14(11-15)22(24,25)26/h2-9,11H,1,10,12-13H2,(H,27,33)(H,28,32). The van der Waals surface area contributed by atoms with Crippen LogP contribution in [0.4, 0.5) is 18.9 Å². The van der Waals surface area contributed by atoms with Crippen LogP contribution in [0.3, 0.4) is 0 Å². The number of halogens is 4. The number of anilines is 1. The lowest BCUT2D eigenvalue weighted by Gasteiger charge is -2.11. The molecule has 34 heavy (non-hydrogen) atoms. The van der Waals surface area contributed by atoms with E-state index in [4.69, 9.17) is 0 Å². The van der Waals surface area contributed by atoms with E-state index < -0.39 is 17.6 Å². The summed E-state index contributed by atoms with van der Waals surface area (Å²) in [6.45, 7) is 4.13. The summed E-state index contributed by atoms with van der Waals surface area (Å²) in [5.74, 6) is -0.438. The van der Waals surface area contributed by atoms with Gasteiger partial charge in [-0.1, -0.05) is 36.0 Å². The summed E-state index contributed by atoms with van der Waals surface area (Å²) >= 11 is 4.40. The summed E-state index contributed by atoms with van der Waals surface area (Å²) in [7, 11) is 0. The van der Waals surface area contributed by atoms with Crippen LogP contribution in [-0.2, 0) is 24.1 Å². The van der Waals surface area contributed by atoms with Crippen molar-refractivity contribution in [3.8, 4) is 0 Å². The number of allylic oxidation sites excluding steroid dienone is 1. The summed E-state index contributed by atoms with van der Waals surface area (Å²) in [4.78, 5) is 24.7. The Bertz CT molecular complexity index is 1200. The molecule has 3 aromatic rings. The second kappa shape index (κ2) is 11.3. The van der Waals surface area contributed by atoms with Gasteiger partial charge in [0.1, 0.15) is 0 Å². The van der Waals surface area contributed by atoms with Crippen molar-refractivity contribution in [3.05, 3.63) is 82.6 Å². The van der Waals surface area contributed by atoms with Crippen molar-refractivity contribution >= 4 is 45.2 Å². The molecule has 0 saturated carbocycles. The van der Waals surface area contributed by atoms with E-state index in [0.717, 1.165) is 23.9 Å². The Kier molecular flexibility index (Phi) is 8.51. The highest BCUT2D eigenvalue weighted by Crippen LogP contribution is 2.30. The SMILES string of the molecule is C=CCn1c(CNC(=O)c2ccccc2Br)nnc1SCC(=O)Nc1cccc(C(F)(F)F)c1. The number of carbonyl (C=O) groups excluding carboxylic acids is 2. The van der Waals surface area contributed by atoms with Crippen LogP contribution >= 0.6 is 27.7 Å². The highest BCUT2D eigenvalue weighted by Gasteiger charge is 2.30. The van der Waals surface area contributed by atoms with Crippen molar-refractivity contribution < 1.29 is 22.8 Å². The number of benzene rings is 2. The first-order valence-corrected chi connectivity index (χ1v) is 11.6. The van der Waals surface area contributed by atoms with E-state index in [1.165, 1.54) is 12.1 Å². The number of nitrogens with zero attached hydrogens (tertiary/aromatic N) is 3. The van der Waals surface area contributed by atoms with E-state index in [1.807, 2.05) is 0 Å².